The molecule has 0 aliphatic heterocycles. The summed E-state index contributed by atoms with van der Waals surface area (Å²) in [5.74, 6) is 1.41. The van der Waals surface area contributed by atoms with Crippen LogP contribution in [0.4, 0.5) is 5.82 Å². The number of ether oxygens (including phenoxy) is 2. The Hall–Kier alpha value is -2.08. The van der Waals surface area contributed by atoms with Crippen molar-refractivity contribution in [2.75, 3.05) is 18.5 Å². The van der Waals surface area contributed by atoms with Crippen molar-refractivity contribution in [3.8, 4) is 11.5 Å². The van der Waals surface area contributed by atoms with E-state index in [4.69, 9.17) is 9.47 Å². The molecular formula is C16H17BrN2O3. The Kier molecular flexibility index (Phi) is 5.77. The summed E-state index contributed by atoms with van der Waals surface area (Å²) in [5, 5.41) is 2.74. The third kappa shape index (κ3) is 4.46. The second-order valence-corrected chi connectivity index (χ2v) is 5.29. The third-order valence-corrected chi connectivity index (χ3v) is 3.20. The minimum Gasteiger partial charge on any atom is -0.494 e. The van der Waals surface area contributed by atoms with Gasteiger partial charge in [-0.15, -0.1) is 0 Å². The van der Waals surface area contributed by atoms with Gasteiger partial charge in [0, 0.05) is 22.3 Å². The molecule has 0 aliphatic carbocycles. The summed E-state index contributed by atoms with van der Waals surface area (Å²) < 4.78 is 11.8. The highest BCUT2D eigenvalue weighted by atomic mass is 79.9. The van der Waals surface area contributed by atoms with E-state index >= 15 is 0 Å². The Bertz CT molecular complexity index is 620. The van der Waals surface area contributed by atoms with E-state index in [-0.39, 0.29) is 5.91 Å². The maximum Gasteiger partial charge on any atom is 0.257 e. The van der Waals surface area contributed by atoms with Gasteiger partial charge in [0.25, 0.3) is 5.91 Å². The van der Waals surface area contributed by atoms with E-state index in [1.807, 2.05) is 19.9 Å². The van der Waals surface area contributed by atoms with Crippen LogP contribution in [0.1, 0.15) is 24.2 Å². The van der Waals surface area contributed by atoms with Crippen molar-refractivity contribution >= 4 is 27.7 Å². The van der Waals surface area contributed by atoms with Crippen LogP contribution in [0.2, 0.25) is 0 Å². The van der Waals surface area contributed by atoms with E-state index in [9.17, 15) is 4.79 Å². The summed E-state index contributed by atoms with van der Waals surface area (Å²) in [4.78, 5) is 16.5. The fourth-order valence-corrected chi connectivity index (χ4v) is 2.08. The second kappa shape index (κ2) is 7.79. The van der Waals surface area contributed by atoms with Crippen LogP contribution < -0.4 is 14.8 Å². The molecule has 116 valence electrons. The number of aromatic nitrogens is 1. The Morgan fingerprint density at radius 1 is 1.14 bits per heavy atom. The smallest absolute Gasteiger partial charge is 0.257 e. The number of halogens is 1. The SMILES string of the molecule is CCOc1cc(OCC)cc(C(=O)Nc2ccc(Br)cn2)c1. The second-order valence-electron chi connectivity index (χ2n) is 4.37. The molecule has 22 heavy (non-hydrogen) atoms. The molecule has 0 aliphatic rings. The van der Waals surface area contributed by atoms with Crippen molar-refractivity contribution in [1.82, 2.24) is 4.98 Å². The number of hydrogen-bond donors (Lipinski definition) is 1. The zero-order valence-electron chi connectivity index (χ0n) is 12.4. The van der Waals surface area contributed by atoms with Crippen molar-refractivity contribution in [2.24, 2.45) is 0 Å². The number of pyridine rings is 1. The van der Waals surface area contributed by atoms with Crippen molar-refractivity contribution in [3.63, 3.8) is 0 Å². The van der Waals surface area contributed by atoms with Gasteiger partial charge in [-0.25, -0.2) is 4.98 Å². The first kappa shape index (κ1) is 16.3. The molecule has 0 spiro atoms. The molecule has 0 saturated heterocycles. The van der Waals surface area contributed by atoms with E-state index in [0.717, 1.165) is 4.47 Å². The minimum atomic E-state index is -0.266. The number of amides is 1. The standard InChI is InChI=1S/C16H17BrN2O3/c1-3-21-13-7-11(8-14(9-13)22-4-2)16(20)19-15-6-5-12(17)10-18-15/h5-10H,3-4H2,1-2H3,(H,18,19,20). The molecule has 2 rings (SSSR count). The van der Waals surface area contributed by atoms with Gasteiger partial charge in [-0.05, 0) is 54.0 Å². The lowest BCUT2D eigenvalue weighted by Crippen LogP contribution is -2.13. The van der Waals surface area contributed by atoms with Crippen LogP contribution in [-0.4, -0.2) is 24.1 Å². The van der Waals surface area contributed by atoms with Crippen molar-refractivity contribution < 1.29 is 14.3 Å². The van der Waals surface area contributed by atoms with Gasteiger partial charge in [-0.1, -0.05) is 0 Å². The van der Waals surface area contributed by atoms with Crippen LogP contribution in [-0.2, 0) is 0 Å². The highest BCUT2D eigenvalue weighted by molar-refractivity contribution is 9.10. The van der Waals surface area contributed by atoms with Crippen molar-refractivity contribution in [2.45, 2.75) is 13.8 Å². The number of nitrogens with zero attached hydrogens (tertiary/aromatic N) is 1. The molecule has 0 radical (unpaired) electrons. The highest BCUT2D eigenvalue weighted by Crippen LogP contribution is 2.24. The molecule has 0 bridgehead atoms. The molecule has 2 aromatic rings. The summed E-state index contributed by atoms with van der Waals surface area (Å²) in [6, 6.07) is 8.66. The fourth-order valence-electron chi connectivity index (χ4n) is 1.84. The molecule has 1 aromatic heterocycles. The van der Waals surface area contributed by atoms with Crippen LogP contribution >= 0.6 is 15.9 Å². The van der Waals surface area contributed by atoms with Crippen LogP contribution in [0, 0.1) is 0 Å². The number of nitrogens with one attached hydrogen (secondary N) is 1. The van der Waals surface area contributed by atoms with E-state index < -0.39 is 0 Å². The number of anilines is 1. The molecular weight excluding hydrogens is 348 g/mol. The molecule has 6 heteroatoms. The monoisotopic (exact) mass is 364 g/mol. The van der Waals surface area contributed by atoms with Gasteiger partial charge in [0.2, 0.25) is 0 Å². The van der Waals surface area contributed by atoms with E-state index in [1.54, 1.807) is 30.5 Å². The summed E-state index contributed by atoms with van der Waals surface area (Å²) in [6.07, 6.45) is 1.62. The highest BCUT2D eigenvalue weighted by Gasteiger charge is 2.11. The van der Waals surface area contributed by atoms with Crippen LogP contribution in [0.25, 0.3) is 0 Å². The first-order valence-corrected chi connectivity index (χ1v) is 7.75. The summed E-state index contributed by atoms with van der Waals surface area (Å²) in [7, 11) is 0. The third-order valence-electron chi connectivity index (χ3n) is 2.73. The summed E-state index contributed by atoms with van der Waals surface area (Å²) in [5.41, 5.74) is 0.458. The van der Waals surface area contributed by atoms with E-state index in [2.05, 4.69) is 26.2 Å². The lowest BCUT2D eigenvalue weighted by Gasteiger charge is -2.11. The average Bonchev–Trinajstić information content (AvgIpc) is 2.50. The van der Waals surface area contributed by atoms with Crippen molar-refractivity contribution in [3.05, 3.63) is 46.6 Å². The summed E-state index contributed by atoms with van der Waals surface area (Å²) in [6.45, 7) is 4.81. The summed E-state index contributed by atoms with van der Waals surface area (Å²) >= 11 is 3.30. The van der Waals surface area contributed by atoms with Gasteiger partial charge in [-0.3, -0.25) is 4.79 Å². The quantitative estimate of drug-likeness (QED) is 0.844. The Labute approximate surface area is 137 Å². The average molecular weight is 365 g/mol. The van der Waals surface area contributed by atoms with Gasteiger partial charge in [0.1, 0.15) is 17.3 Å². The molecule has 1 heterocycles. The van der Waals surface area contributed by atoms with E-state index in [1.165, 1.54) is 0 Å². The zero-order valence-corrected chi connectivity index (χ0v) is 14.0. The predicted molar refractivity (Wildman–Crippen MR) is 88.7 cm³/mol. The fraction of sp³-hybridized carbons (Fsp3) is 0.250. The molecule has 0 saturated carbocycles. The van der Waals surface area contributed by atoms with Crippen LogP contribution in [0.3, 0.4) is 0 Å². The largest absolute Gasteiger partial charge is 0.494 e. The van der Waals surface area contributed by atoms with Gasteiger partial charge in [0.15, 0.2) is 0 Å². The van der Waals surface area contributed by atoms with Gasteiger partial charge >= 0.3 is 0 Å². The number of benzene rings is 1. The number of carbonyl (C=O) groups is 1. The Morgan fingerprint density at radius 3 is 2.27 bits per heavy atom. The maximum atomic E-state index is 12.3. The molecule has 0 fully saturated rings. The predicted octanol–water partition coefficient (Wildman–Crippen LogP) is 3.89. The Balaban J connectivity index is 2.21. The minimum absolute atomic E-state index is 0.266. The molecule has 1 amide bonds. The molecule has 5 nitrogen and oxygen atoms in total. The lowest BCUT2D eigenvalue weighted by atomic mass is 10.2. The number of hydrogen-bond acceptors (Lipinski definition) is 4. The maximum absolute atomic E-state index is 12.3. The lowest BCUT2D eigenvalue weighted by molar-refractivity contribution is 0.102. The number of rotatable bonds is 6. The van der Waals surface area contributed by atoms with E-state index in [0.29, 0.717) is 36.1 Å². The number of carbonyl (C=O) groups excluding carboxylic acids is 1. The molecule has 1 aromatic carbocycles. The first-order valence-electron chi connectivity index (χ1n) is 6.96. The molecule has 1 N–H and O–H groups in total. The van der Waals surface area contributed by atoms with Crippen molar-refractivity contribution in [1.29, 1.82) is 0 Å². The molecule has 0 atom stereocenters. The first-order chi connectivity index (χ1) is 10.6. The van der Waals surface area contributed by atoms with Crippen LogP contribution in [0.5, 0.6) is 11.5 Å². The Morgan fingerprint density at radius 2 is 1.77 bits per heavy atom. The normalized spacial score (nSPS) is 10.1. The van der Waals surface area contributed by atoms with Gasteiger partial charge in [-0.2, -0.15) is 0 Å². The molecule has 0 unspecified atom stereocenters. The van der Waals surface area contributed by atoms with Crippen LogP contribution in [0.15, 0.2) is 41.0 Å². The van der Waals surface area contributed by atoms with Gasteiger partial charge < -0.3 is 14.8 Å². The topological polar surface area (TPSA) is 60.5 Å². The van der Waals surface area contributed by atoms with Gasteiger partial charge in [0.05, 0.1) is 13.2 Å². The zero-order chi connectivity index (χ0) is 15.9.